The molecule has 20 heavy (non-hydrogen) atoms. The van der Waals surface area contributed by atoms with Gasteiger partial charge in [0.1, 0.15) is 5.82 Å². The Balaban J connectivity index is 2.28. The lowest BCUT2D eigenvalue weighted by Gasteiger charge is -2.08. The summed E-state index contributed by atoms with van der Waals surface area (Å²) in [6.07, 6.45) is 0. The van der Waals surface area contributed by atoms with Gasteiger partial charge in [0, 0.05) is 12.4 Å². The molecule has 0 bridgehead atoms. The van der Waals surface area contributed by atoms with Crippen molar-refractivity contribution in [3.8, 4) is 10.7 Å². The lowest BCUT2D eigenvalue weighted by molar-refractivity contribution is 1.17. The number of aryl methyl sites for hydroxylation is 3. The second-order valence-electron chi connectivity index (χ2n) is 4.81. The zero-order valence-electron chi connectivity index (χ0n) is 12.0. The summed E-state index contributed by atoms with van der Waals surface area (Å²) in [5.74, 6) is 1.60. The summed E-state index contributed by atoms with van der Waals surface area (Å²) >= 11 is 1.63. The number of anilines is 1. The molecule has 1 aromatic carbocycles. The van der Waals surface area contributed by atoms with Crippen molar-refractivity contribution in [2.75, 3.05) is 12.4 Å². The first-order valence-corrected chi connectivity index (χ1v) is 7.30. The normalized spacial score (nSPS) is 11.0. The smallest absolute Gasteiger partial charge is 0.174 e. The molecule has 102 valence electrons. The number of nitrogens with zero attached hydrogens (tertiary/aromatic N) is 3. The molecule has 4 nitrogen and oxygen atoms in total. The van der Waals surface area contributed by atoms with Gasteiger partial charge in [-0.25, -0.2) is 15.0 Å². The summed E-state index contributed by atoms with van der Waals surface area (Å²) in [5, 5.41) is 5.26. The summed E-state index contributed by atoms with van der Waals surface area (Å²) in [4.78, 5) is 14.8. The molecule has 3 rings (SSSR count). The SMILES string of the molecule is CNc1nc(-c2sc(C)nc2C)nc2ccc(C)cc12. The summed E-state index contributed by atoms with van der Waals surface area (Å²) in [5.41, 5.74) is 3.14. The van der Waals surface area contributed by atoms with E-state index < -0.39 is 0 Å². The van der Waals surface area contributed by atoms with Crippen LogP contribution in [-0.4, -0.2) is 22.0 Å². The maximum absolute atomic E-state index is 4.69. The fourth-order valence-electron chi connectivity index (χ4n) is 2.27. The second kappa shape index (κ2) is 4.83. The summed E-state index contributed by atoms with van der Waals surface area (Å²) in [7, 11) is 1.89. The van der Waals surface area contributed by atoms with Crippen molar-refractivity contribution in [2.24, 2.45) is 0 Å². The number of fused-ring (bicyclic) bond motifs is 1. The maximum atomic E-state index is 4.69. The van der Waals surface area contributed by atoms with Gasteiger partial charge in [-0.1, -0.05) is 11.6 Å². The zero-order chi connectivity index (χ0) is 14.3. The van der Waals surface area contributed by atoms with Crippen LogP contribution in [0.25, 0.3) is 21.6 Å². The van der Waals surface area contributed by atoms with Crippen LogP contribution in [0.2, 0.25) is 0 Å². The second-order valence-corrected chi connectivity index (χ2v) is 6.02. The number of rotatable bonds is 2. The van der Waals surface area contributed by atoms with Gasteiger partial charge >= 0.3 is 0 Å². The average molecular weight is 284 g/mol. The highest BCUT2D eigenvalue weighted by Gasteiger charge is 2.13. The van der Waals surface area contributed by atoms with Crippen LogP contribution in [0.15, 0.2) is 18.2 Å². The van der Waals surface area contributed by atoms with E-state index in [4.69, 9.17) is 0 Å². The highest BCUT2D eigenvalue weighted by molar-refractivity contribution is 7.15. The predicted octanol–water partition coefficient (Wildman–Crippen LogP) is 3.72. The molecular formula is C15H16N4S. The minimum atomic E-state index is 0.744. The van der Waals surface area contributed by atoms with Crippen molar-refractivity contribution < 1.29 is 0 Å². The molecular weight excluding hydrogens is 268 g/mol. The van der Waals surface area contributed by atoms with Crippen LogP contribution < -0.4 is 5.32 Å². The Labute approximate surface area is 121 Å². The maximum Gasteiger partial charge on any atom is 0.174 e. The van der Waals surface area contributed by atoms with Gasteiger partial charge in [0.05, 0.1) is 21.1 Å². The molecule has 0 radical (unpaired) electrons. The highest BCUT2D eigenvalue weighted by atomic mass is 32.1. The Morgan fingerprint density at radius 3 is 2.50 bits per heavy atom. The topological polar surface area (TPSA) is 50.7 Å². The van der Waals surface area contributed by atoms with Gasteiger partial charge in [-0.15, -0.1) is 11.3 Å². The van der Waals surface area contributed by atoms with Crippen LogP contribution in [0, 0.1) is 20.8 Å². The van der Waals surface area contributed by atoms with Crippen LogP contribution in [0.5, 0.6) is 0 Å². The summed E-state index contributed by atoms with van der Waals surface area (Å²) in [6.45, 7) is 6.08. The molecule has 0 spiro atoms. The highest BCUT2D eigenvalue weighted by Crippen LogP contribution is 2.30. The van der Waals surface area contributed by atoms with Gasteiger partial charge < -0.3 is 5.32 Å². The van der Waals surface area contributed by atoms with Crippen molar-refractivity contribution >= 4 is 28.1 Å². The van der Waals surface area contributed by atoms with E-state index in [9.17, 15) is 0 Å². The molecule has 2 aromatic heterocycles. The molecule has 0 unspecified atom stereocenters. The minimum absolute atomic E-state index is 0.744. The van der Waals surface area contributed by atoms with Crippen LogP contribution in [0.3, 0.4) is 0 Å². The van der Waals surface area contributed by atoms with E-state index in [-0.39, 0.29) is 0 Å². The van der Waals surface area contributed by atoms with Crippen molar-refractivity contribution in [3.05, 3.63) is 34.5 Å². The summed E-state index contributed by atoms with van der Waals surface area (Å²) in [6, 6.07) is 6.22. The van der Waals surface area contributed by atoms with E-state index in [1.807, 2.05) is 27.0 Å². The van der Waals surface area contributed by atoms with Gasteiger partial charge in [-0.2, -0.15) is 0 Å². The van der Waals surface area contributed by atoms with Crippen LogP contribution in [0.4, 0.5) is 5.82 Å². The Kier molecular flexibility index (Phi) is 3.14. The lowest BCUT2D eigenvalue weighted by atomic mass is 10.1. The molecule has 3 aromatic rings. The number of aromatic nitrogens is 3. The van der Waals surface area contributed by atoms with E-state index in [1.54, 1.807) is 11.3 Å². The van der Waals surface area contributed by atoms with E-state index >= 15 is 0 Å². The van der Waals surface area contributed by atoms with Crippen molar-refractivity contribution in [1.29, 1.82) is 0 Å². The van der Waals surface area contributed by atoms with Gasteiger partial charge in [-0.05, 0) is 32.9 Å². The number of hydrogen-bond donors (Lipinski definition) is 1. The van der Waals surface area contributed by atoms with Crippen molar-refractivity contribution in [3.63, 3.8) is 0 Å². The van der Waals surface area contributed by atoms with E-state index in [1.165, 1.54) is 5.56 Å². The van der Waals surface area contributed by atoms with Gasteiger partial charge in [0.25, 0.3) is 0 Å². The van der Waals surface area contributed by atoms with E-state index in [0.717, 1.165) is 38.1 Å². The minimum Gasteiger partial charge on any atom is -0.373 e. The first kappa shape index (κ1) is 13.0. The van der Waals surface area contributed by atoms with Gasteiger partial charge in [-0.3, -0.25) is 0 Å². The molecule has 1 N–H and O–H groups in total. The Morgan fingerprint density at radius 1 is 1.05 bits per heavy atom. The molecule has 5 heteroatoms. The van der Waals surface area contributed by atoms with Crippen LogP contribution in [-0.2, 0) is 0 Å². The monoisotopic (exact) mass is 284 g/mol. The zero-order valence-corrected chi connectivity index (χ0v) is 12.8. The first-order valence-electron chi connectivity index (χ1n) is 6.49. The van der Waals surface area contributed by atoms with Gasteiger partial charge in [0.2, 0.25) is 0 Å². The largest absolute Gasteiger partial charge is 0.373 e. The van der Waals surface area contributed by atoms with Crippen molar-refractivity contribution in [2.45, 2.75) is 20.8 Å². The third kappa shape index (κ3) is 2.14. The molecule has 0 aliphatic heterocycles. The number of thiazole rings is 1. The van der Waals surface area contributed by atoms with E-state index in [0.29, 0.717) is 0 Å². The summed E-state index contributed by atoms with van der Waals surface area (Å²) < 4.78 is 0. The third-order valence-electron chi connectivity index (χ3n) is 3.19. The predicted molar refractivity (Wildman–Crippen MR) is 84.4 cm³/mol. The average Bonchev–Trinajstić information content (AvgIpc) is 2.76. The standard InChI is InChI=1S/C15H16N4S/c1-8-5-6-12-11(7-8)14(16-4)19-15(18-12)13-9(2)17-10(3)20-13/h5-7H,1-4H3,(H,16,18,19). The molecule has 0 fully saturated rings. The van der Waals surface area contributed by atoms with Gasteiger partial charge in [0.15, 0.2) is 5.82 Å². The Morgan fingerprint density at radius 2 is 1.85 bits per heavy atom. The quantitative estimate of drug-likeness (QED) is 0.779. The number of nitrogens with one attached hydrogen (secondary N) is 1. The van der Waals surface area contributed by atoms with Crippen LogP contribution in [0.1, 0.15) is 16.3 Å². The number of benzene rings is 1. The molecule has 2 heterocycles. The number of hydrogen-bond acceptors (Lipinski definition) is 5. The molecule has 0 saturated carbocycles. The van der Waals surface area contributed by atoms with Crippen LogP contribution >= 0.6 is 11.3 Å². The molecule has 0 saturated heterocycles. The molecule has 0 aliphatic rings. The first-order chi connectivity index (χ1) is 9.58. The van der Waals surface area contributed by atoms with Crippen molar-refractivity contribution in [1.82, 2.24) is 15.0 Å². The molecule has 0 aliphatic carbocycles. The molecule has 0 atom stereocenters. The fourth-order valence-corrected chi connectivity index (χ4v) is 3.13. The fraction of sp³-hybridized carbons (Fsp3) is 0.267. The Hall–Kier alpha value is -2.01. The Bertz CT molecular complexity index is 792. The van der Waals surface area contributed by atoms with E-state index in [2.05, 4.69) is 39.3 Å². The third-order valence-corrected chi connectivity index (χ3v) is 4.26. The molecule has 0 amide bonds. The lowest BCUT2D eigenvalue weighted by Crippen LogP contribution is -1.99.